The molecule has 34 heavy (non-hydrogen) atoms. The molecule has 3 rings (SSSR count). The van der Waals surface area contributed by atoms with Gasteiger partial charge in [-0.3, -0.25) is 4.79 Å². The fourth-order valence-electron chi connectivity index (χ4n) is 3.99. The highest BCUT2D eigenvalue weighted by Gasteiger charge is 2.33. The summed E-state index contributed by atoms with van der Waals surface area (Å²) < 4.78 is 5.31. The number of benzene rings is 2. The maximum Gasteiger partial charge on any atom is 0.329 e. The average Bonchev–Trinajstić information content (AvgIpc) is 3.37. The first-order chi connectivity index (χ1) is 16.5. The number of hydrogen-bond donors (Lipinski definition) is 1. The number of unbranched alkanes of at least 4 members (excludes halogenated alkanes) is 1. The van der Waals surface area contributed by atoms with E-state index in [2.05, 4.69) is 20.6 Å². The third kappa shape index (κ3) is 6.07. The van der Waals surface area contributed by atoms with Crippen molar-refractivity contribution in [2.45, 2.75) is 59.5 Å². The highest BCUT2D eigenvalue weighted by Crippen LogP contribution is 2.30. The monoisotopic (exact) mass is 463 g/mol. The average molecular weight is 464 g/mol. The van der Waals surface area contributed by atoms with Crippen LogP contribution in [0.25, 0.3) is 22.5 Å². The maximum absolute atomic E-state index is 13.1. The molecule has 0 saturated heterocycles. The summed E-state index contributed by atoms with van der Waals surface area (Å²) in [5, 5.41) is 14.4. The molecule has 8 heteroatoms. The van der Waals surface area contributed by atoms with E-state index in [-0.39, 0.29) is 24.4 Å². The predicted molar refractivity (Wildman–Crippen MR) is 130 cm³/mol. The molecule has 1 heterocycles. The summed E-state index contributed by atoms with van der Waals surface area (Å²) in [5.74, 6) is 0.0838. The van der Waals surface area contributed by atoms with Crippen LogP contribution in [0.2, 0.25) is 0 Å². The Morgan fingerprint density at radius 3 is 2.32 bits per heavy atom. The number of esters is 1. The third-order valence-corrected chi connectivity index (χ3v) is 5.69. The van der Waals surface area contributed by atoms with Gasteiger partial charge in [-0.05, 0) is 41.2 Å². The molecule has 0 spiro atoms. The molecule has 3 aromatic rings. The van der Waals surface area contributed by atoms with Gasteiger partial charge in [0, 0.05) is 18.5 Å². The third-order valence-electron chi connectivity index (χ3n) is 5.69. The number of amides is 1. The number of H-pyrrole nitrogens is 1. The summed E-state index contributed by atoms with van der Waals surface area (Å²) in [6.07, 6.45) is 2.11. The minimum absolute atomic E-state index is 0.0277. The van der Waals surface area contributed by atoms with Crippen molar-refractivity contribution in [2.24, 2.45) is 5.92 Å². The number of ether oxygens (including phenoxy) is 1. The van der Waals surface area contributed by atoms with Crippen LogP contribution in [0.4, 0.5) is 0 Å². The largest absolute Gasteiger partial charge is 0.464 e. The summed E-state index contributed by atoms with van der Waals surface area (Å²) in [6, 6.07) is 15.2. The van der Waals surface area contributed by atoms with Crippen LogP contribution in [0.1, 0.15) is 52.5 Å². The van der Waals surface area contributed by atoms with Gasteiger partial charge in [-0.1, -0.05) is 75.7 Å². The van der Waals surface area contributed by atoms with E-state index in [0.717, 1.165) is 35.1 Å². The summed E-state index contributed by atoms with van der Waals surface area (Å²) in [7, 11) is 0. The SMILES string of the molecule is CCCCC(=O)N(Cc1ccc(-c2ccccc2-c2nn[nH]n2)cc1)[C@@H](C(=O)OCC)C(C)C. The maximum atomic E-state index is 13.1. The Labute approximate surface area is 200 Å². The van der Waals surface area contributed by atoms with Gasteiger partial charge in [-0.25, -0.2) is 4.79 Å². The lowest BCUT2D eigenvalue weighted by Crippen LogP contribution is -2.48. The first kappa shape index (κ1) is 25.1. The van der Waals surface area contributed by atoms with Crippen LogP contribution in [0.3, 0.4) is 0 Å². The standard InChI is InChI=1S/C26H33N5O3/c1-5-7-12-23(32)31(24(18(3)4)26(33)34-6-2)17-19-13-15-20(16-14-19)21-10-8-9-11-22(21)25-27-29-30-28-25/h8-11,13-16,18,24H,5-7,12,17H2,1-4H3,(H,27,28,29,30)/t24-/m1/s1. The fourth-order valence-corrected chi connectivity index (χ4v) is 3.99. The van der Waals surface area contributed by atoms with Gasteiger partial charge in [0.2, 0.25) is 11.7 Å². The van der Waals surface area contributed by atoms with Gasteiger partial charge in [-0.15, -0.1) is 10.2 Å². The minimum Gasteiger partial charge on any atom is -0.464 e. The van der Waals surface area contributed by atoms with Crippen LogP contribution in [0.15, 0.2) is 48.5 Å². The van der Waals surface area contributed by atoms with E-state index in [1.807, 2.05) is 69.3 Å². The number of aromatic amines is 1. The molecule has 1 N–H and O–H groups in total. The predicted octanol–water partition coefficient (Wildman–Crippen LogP) is 4.64. The Hall–Kier alpha value is -3.55. The van der Waals surface area contributed by atoms with E-state index in [9.17, 15) is 9.59 Å². The first-order valence-electron chi connectivity index (χ1n) is 11.8. The van der Waals surface area contributed by atoms with Gasteiger partial charge in [0.15, 0.2) is 0 Å². The second-order valence-electron chi connectivity index (χ2n) is 8.54. The van der Waals surface area contributed by atoms with Gasteiger partial charge < -0.3 is 9.64 Å². The molecular weight excluding hydrogens is 430 g/mol. The van der Waals surface area contributed by atoms with Crippen molar-refractivity contribution in [1.29, 1.82) is 0 Å². The van der Waals surface area contributed by atoms with Crippen molar-refractivity contribution in [3.05, 3.63) is 54.1 Å². The molecule has 1 aromatic heterocycles. The van der Waals surface area contributed by atoms with Gasteiger partial charge in [0.05, 0.1) is 6.61 Å². The van der Waals surface area contributed by atoms with Crippen LogP contribution in [0.5, 0.6) is 0 Å². The van der Waals surface area contributed by atoms with Gasteiger partial charge in [0.25, 0.3) is 0 Å². The Bertz CT molecular complexity index is 1060. The number of carbonyl (C=O) groups is 2. The van der Waals surface area contributed by atoms with E-state index >= 15 is 0 Å². The van der Waals surface area contributed by atoms with Crippen LogP contribution in [-0.4, -0.2) is 50.0 Å². The zero-order valence-electron chi connectivity index (χ0n) is 20.3. The molecule has 8 nitrogen and oxygen atoms in total. The van der Waals surface area contributed by atoms with E-state index < -0.39 is 6.04 Å². The summed E-state index contributed by atoms with van der Waals surface area (Å²) in [5.41, 5.74) is 3.81. The Morgan fingerprint density at radius 2 is 1.74 bits per heavy atom. The second-order valence-corrected chi connectivity index (χ2v) is 8.54. The van der Waals surface area contributed by atoms with Gasteiger partial charge in [0.1, 0.15) is 6.04 Å². The van der Waals surface area contributed by atoms with Crippen LogP contribution >= 0.6 is 0 Å². The van der Waals surface area contributed by atoms with Crippen LogP contribution in [0, 0.1) is 5.92 Å². The molecule has 0 fully saturated rings. The molecule has 0 radical (unpaired) electrons. The smallest absolute Gasteiger partial charge is 0.329 e. The normalized spacial score (nSPS) is 11.9. The number of tetrazole rings is 1. The quantitative estimate of drug-likeness (QED) is 0.416. The molecule has 2 aromatic carbocycles. The van der Waals surface area contributed by atoms with E-state index in [1.165, 1.54) is 0 Å². The van der Waals surface area contributed by atoms with Crippen LogP contribution in [-0.2, 0) is 20.9 Å². The van der Waals surface area contributed by atoms with Crippen molar-refractivity contribution in [1.82, 2.24) is 25.5 Å². The Kier molecular flexibility index (Phi) is 8.90. The second kappa shape index (κ2) is 12.1. The molecule has 0 aliphatic rings. The molecule has 0 aliphatic heterocycles. The molecule has 1 atom stereocenters. The first-order valence-corrected chi connectivity index (χ1v) is 11.8. The highest BCUT2D eigenvalue weighted by atomic mass is 16.5. The lowest BCUT2D eigenvalue weighted by atomic mass is 9.97. The van der Waals surface area contributed by atoms with Crippen molar-refractivity contribution >= 4 is 11.9 Å². The number of nitrogens with one attached hydrogen (secondary N) is 1. The van der Waals surface area contributed by atoms with Crippen molar-refractivity contribution in [3.8, 4) is 22.5 Å². The van der Waals surface area contributed by atoms with Gasteiger partial charge >= 0.3 is 5.97 Å². The number of rotatable bonds is 11. The number of aromatic nitrogens is 4. The van der Waals surface area contributed by atoms with Crippen molar-refractivity contribution in [3.63, 3.8) is 0 Å². The fraction of sp³-hybridized carbons (Fsp3) is 0.423. The molecule has 0 unspecified atom stereocenters. The summed E-state index contributed by atoms with van der Waals surface area (Å²) in [6.45, 7) is 8.35. The Balaban J connectivity index is 1.88. The molecule has 1 amide bonds. The topological polar surface area (TPSA) is 101 Å². The van der Waals surface area contributed by atoms with E-state index in [4.69, 9.17) is 4.74 Å². The molecule has 0 aliphatic carbocycles. The zero-order valence-corrected chi connectivity index (χ0v) is 20.3. The molecule has 180 valence electrons. The number of hydrogen-bond acceptors (Lipinski definition) is 6. The Morgan fingerprint density at radius 1 is 1.03 bits per heavy atom. The van der Waals surface area contributed by atoms with E-state index in [1.54, 1.807) is 11.8 Å². The summed E-state index contributed by atoms with van der Waals surface area (Å²) in [4.78, 5) is 27.6. The summed E-state index contributed by atoms with van der Waals surface area (Å²) >= 11 is 0. The molecular formula is C26H33N5O3. The highest BCUT2D eigenvalue weighted by molar-refractivity contribution is 5.85. The van der Waals surface area contributed by atoms with E-state index in [0.29, 0.717) is 18.8 Å². The van der Waals surface area contributed by atoms with Gasteiger partial charge in [-0.2, -0.15) is 5.21 Å². The lowest BCUT2D eigenvalue weighted by Gasteiger charge is -2.33. The number of carbonyl (C=O) groups excluding carboxylic acids is 2. The van der Waals surface area contributed by atoms with Crippen LogP contribution < -0.4 is 0 Å². The lowest BCUT2D eigenvalue weighted by molar-refractivity contribution is -0.157. The zero-order chi connectivity index (χ0) is 24.5. The van der Waals surface area contributed by atoms with Crippen molar-refractivity contribution in [2.75, 3.05) is 6.61 Å². The number of nitrogens with zero attached hydrogens (tertiary/aromatic N) is 4. The minimum atomic E-state index is -0.622. The molecule has 0 bridgehead atoms. The van der Waals surface area contributed by atoms with Crippen molar-refractivity contribution < 1.29 is 14.3 Å². The molecule has 0 saturated carbocycles.